The predicted molar refractivity (Wildman–Crippen MR) is 74.4 cm³/mol. The molecule has 6 nitrogen and oxygen atoms in total. The third kappa shape index (κ3) is 4.15. The zero-order chi connectivity index (χ0) is 14.6. The monoisotopic (exact) mass is 278 g/mol. The average Bonchev–Trinajstić information content (AvgIpc) is 2.36. The molecule has 0 aliphatic carbocycles. The highest BCUT2D eigenvalue weighted by Gasteiger charge is 2.15. The highest BCUT2D eigenvalue weighted by Crippen LogP contribution is 2.30. The lowest BCUT2D eigenvalue weighted by molar-refractivity contribution is 0.0529. The maximum Gasteiger partial charge on any atom is 0.428 e. The Labute approximate surface area is 117 Å². The van der Waals surface area contributed by atoms with Crippen LogP contribution in [0.15, 0.2) is 23.3 Å². The molecule has 0 unspecified atom stereocenters. The van der Waals surface area contributed by atoms with Gasteiger partial charge in [-0.2, -0.15) is 5.10 Å². The summed E-state index contributed by atoms with van der Waals surface area (Å²) in [5.41, 5.74) is 2.56. The summed E-state index contributed by atoms with van der Waals surface area (Å²) in [5, 5.41) is 3.83. The summed E-state index contributed by atoms with van der Waals surface area (Å²) in [7, 11) is 0. The van der Waals surface area contributed by atoms with E-state index in [1.165, 1.54) is 6.21 Å². The first-order chi connectivity index (χ1) is 9.44. The van der Waals surface area contributed by atoms with E-state index in [1.807, 2.05) is 12.1 Å². The quantitative estimate of drug-likeness (QED) is 0.666. The second-order valence-electron chi connectivity index (χ2n) is 5.27. The number of nitrogens with zero attached hydrogens (tertiary/aromatic N) is 1. The van der Waals surface area contributed by atoms with Crippen LogP contribution in [-0.2, 0) is 4.74 Å². The van der Waals surface area contributed by atoms with Crippen molar-refractivity contribution in [3.05, 3.63) is 23.8 Å². The lowest BCUT2D eigenvalue weighted by atomic mass is 10.2. The second kappa shape index (κ2) is 5.81. The summed E-state index contributed by atoms with van der Waals surface area (Å²) in [6, 6.07) is 5.44. The molecule has 0 fully saturated rings. The first kappa shape index (κ1) is 14.2. The van der Waals surface area contributed by atoms with Gasteiger partial charge in [0.2, 0.25) is 0 Å². The first-order valence-corrected chi connectivity index (χ1v) is 6.36. The molecule has 1 aromatic rings. The Bertz CT molecular complexity index is 520. The molecule has 1 aliphatic heterocycles. The van der Waals surface area contributed by atoms with Crippen molar-refractivity contribution in [3.63, 3.8) is 0 Å². The molecule has 2 rings (SSSR count). The van der Waals surface area contributed by atoms with Crippen LogP contribution in [0, 0.1) is 0 Å². The molecule has 0 radical (unpaired) electrons. The summed E-state index contributed by atoms with van der Waals surface area (Å²) < 4.78 is 15.9. The van der Waals surface area contributed by atoms with Crippen molar-refractivity contribution in [3.8, 4) is 11.5 Å². The number of carbonyl (C=O) groups excluding carboxylic acids is 1. The van der Waals surface area contributed by atoms with Crippen LogP contribution in [0.25, 0.3) is 0 Å². The number of benzene rings is 1. The minimum Gasteiger partial charge on any atom is -0.486 e. The molecule has 1 N–H and O–H groups in total. The Kier molecular flexibility index (Phi) is 4.12. The molecule has 1 aromatic carbocycles. The van der Waals surface area contributed by atoms with E-state index < -0.39 is 11.7 Å². The van der Waals surface area contributed by atoms with Crippen molar-refractivity contribution in [2.24, 2.45) is 5.10 Å². The summed E-state index contributed by atoms with van der Waals surface area (Å²) in [4.78, 5) is 11.4. The SMILES string of the molecule is CC(C)(C)OC(=O)N/N=C/c1ccc2c(c1)OCCO2. The van der Waals surface area contributed by atoms with E-state index in [4.69, 9.17) is 14.2 Å². The Balaban J connectivity index is 1.93. The van der Waals surface area contributed by atoms with Gasteiger partial charge in [-0.1, -0.05) is 0 Å². The molecule has 0 bridgehead atoms. The molecule has 0 saturated heterocycles. The summed E-state index contributed by atoms with van der Waals surface area (Å²) in [6.07, 6.45) is 0.925. The van der Waals surface area contributed by atoms with Crippen molar-refractivity contribution in [1.29, 1.82) is 0 Å². The van der Waals surface area contributed by atoms with Crippen LogP contribution in [-0.4, -0.2) is 31.1 Å². The van der Waals surface area contributed by atoms with E-state index >= 15 is 0 Å². The number of rotatable bonds is 2. The van der Waals surface area contributed by atoms with Gasteiger partial charge in [0, 0.05) is 0 Å². The third-order valence-electron chi connectivity index (χ3n) is 2.33. The fraction of sp³-hybridized carbons (Fsp3) is 0.429. The standard InChI is InChI=1S/C14H18N2O4/c1-14(2,3)20-13(17)16-15-9-10-4-5-11-12(8-10)19-7-6-18-11/h4-5,8-9H,6-7H2,1-3H3,(H,16,17)/b15-9+. The second-order valence-corrected chi connectivity index (χ2v) is 5.27. The molecule has 6 heteroatoms. The van der Waals surface area contributed by atoms with Gasteiger partial charge in [0.25, 0.3) is 0 Å². The molecule has 20 heavy (non-hydrogen) atoms. The molecule has 108 valence electrons. The predicted octanol–water partition coefficient (Wildman–Crippen LogP) is 2.32. The van der Waals surface area contributed by atoms with Crippen molar-refractivity contribution in [2.75, 3.05) is 13.2 Å². The minimum atomic E-state index is -0.591. The Morgan fingerprint density at radius 3 is 2.70 bits per heavy atom. The number of nitrogens with one attached hydrogen (secondary N) is 1. The molecule has 0 aromatic heterocycles. The molecule has 1 aliphatic rings. The molecular weight excluding hydrogens is 260 g/mol. The van der Waals surface area contributed by atoms with Crippen molar-refractivity contribution < 1.29 is 19.0 Å². The Morgan fingerprint density at radius 1 is 1.30 bits per heavy atom. The van der Waals surface area contributed by atoms with Crippen LogP contribution in [0.4, 0.5) is 4.79 Å². The van der Waals surface area contributed by atoms with Gasteiger partial charge in [-0.3, -0.25) is 0 Å². The highest BCUT2D eigenvalue weighted by atomic mass is 16.6. The van der Waals surface area contributed by atoms with E-state index in [0.29, 0.717) is 24.7 Å². The number of hydrogen-bond donors (Lipinski definition) is 1. The van der Waals surface area contributed by atoms with E-state index in [1.54, 1.807) is 26.8 Å². The number of amides is 1. The fourth-order valence-electron chi connectivity index (χ4n) is 1.60. The normalized spacial score (nSPS) is 14.2. The highest BCUT2D eigenvalue weighted by molar-refractivity contribution is 5.82. The van der Waals surface area contributed by atoms with Gasteiger partial charge in [-0.05, 0) is 44.5 Å². The fourth-order valence-corrected chi connectivity index (χ4v) is 1.60. The lowest BCUT2D eigenvalue weighted by Gasteiger charge is -2.18. The first-order valence-electron chi connectivity index (χ1n) is 6.36. The van der Waals surface area contributed by atoms with Crippen molar-refractivity contribution >= 4 is 12.3 Å². The zero-order valence-corrected chi connectivity index (χ0v) is 11.8. The molecular formula is C14H18N2O4. The van der Waals surface area contributed by atoms with Gasteiger partial charge in [-0.15, -0.1) is 0 Å². The van der Waals surface area contributed by atoms with Crippen LogP contribution in [0.5, 0.6) is 11.5 Å². The summed E-state index contributed by atoms with van der Waals surface area (Å²) >= 11 is 0. The van der Waals surface area contributed by atoms with Crippen molar-refractivity contribution in [1.82, 2.24) is 5.43 Å². The molecule has 1 amide bonds. The van der Waals surface area contributed by atoms with E-state index in [0.717, 1.165) is 5.56 Å². The van der Waals surface area contributed by atoms with E-state index in [2.05, 4.69) is 10.5 Å². The maximum atomic E-state index is 11.4. The lowest BCUT2D eigenvalue weighted by Crippen LogP contribution is -2.29. The molecule has 0 saturated carbocycles. The Hall–Kier alpha value is -2.24. The zero-order valence-electron chi connectivity index (χ0n) is 11.8. The van der Waals surface area contributed by atoms with Crippen LogP contribution < -0.4 is 14.9 Å². The van der Waals surface area contributed by atoms with Crippen LogP contribution >= 0.6 is 0 Å². The summed E-state index contributed by atoms with van der Waals surface area (Å²) in [6.45, 7) is 6.45. The third-order valence-corrected chi connectivity index (χ3v) is 2.33. The largest absolute Gasteiger partial charge is 0.486 e. The van der Waals surface area contributed by atoms with E-state index in [9.17, 15) is 4.79 Å². The number of hydrazone groups is 1. The molecule has 1 heterocycles. The minimum absolute atomic E-state index is 0.532. The maximum absolute atomic E-state index is 11.4. The topological polar surface area (TPSA) is 69.2 Å². The van der Waals surface area contributed by atoms with Gasteiger partial charge in [0.1, 0.15) is 18.8 Å². The van der Waals surface area contributed by atoms with Crippen LogP contribution in [0.3, 0.4) is 0 Å². The summed E-state index contributed by atoms with van der Waals surface area (Å²) in [5.74, 6) is 1.39. The van der Waals surface area contributed by atoms with Crippen LogP contribution in [0.1, 0.15) is 26.3 Å². The average molecular weight is 278 g/mol. The molecule has 0 atom stereocenters. The smallest absolute Gasteiger partial charge is 0.428 e. The number of ether oxygens (including phenoxy) is 3. The van der Waals surface area contributed by atoms with Crippen LogP contribution in [0.2, 0.25) is 0 Å². The van der Waals surface area contributed by atoms with Crippen molar-refractivity contribution in [2.45, 2.75) is 26.4 Å². The number of hydrogen-bond acceptors (Lipinski definition) is 5. The van der Waals surface area contributed by atoms with Gasteiger partial charge in [0.05, 0.1) is 6.21 Å². The van der Waals surface area contributed by atoms with Gasteiger partial charge in [-0.25, -0.2) is 10.2 Å². The van der Waals surface area contributed by atoms with E-state index in [-0.39, 0.29) is 0 Å². The number of carbonyl (C=O) groups is 1. The van der Waals surface area contributed by atoms with Gasteiger partial charge >= 0.3 is 6.09 Å². The van der Waals surface area contributed by atoms with Gasteiger partial charge in [0.15, 0.2) is 11.5 Å². The molecule has 0 spiro atoms. The number of fused-ring (bicyclic) bond motifs is 1. The Morgan fingerprint density at radius 2 is 2.00 bits per heavy atom. The van der Waals surface area contributed by atoms with Gasteiger partial charge < -0.3 is 14.2 Å².